The van der Waals surface area contributed by atoms with Crippen LogP contribution in [0.1, 0.15) is 43.5 Å². The lowest BCUT2D eigenvalue weighted by Crippen LogP contribution is -2.32. The zero-order valence-corrected chi connectivity index (χ0v) is 18.9. The number of methoxy groups -OCH3 is 1. The lowest BCUT2D eigenvalue weighted by Gasteiger charge is -2.19. The molecule has 3 amide bonds. The number of anilines is 2. The first-order valence-electron chi connectivity index (χ1n) is 10.1. The van der Waals surface area contributed by atoms with Crippen LogP contribution >= 0.6 is 0 Å². The molecule has 2 aromatic carbocycles. The molecule has 1 heterocycles. The van der Waals surface area contributed by atoms with Gasteiger partial charge >= 0.3 is 0 Å². The van der Waals surface area contributed by atoms with Crippen molar-refractivity contribution in [3.63, 3.8) is 0 Å². The van der Waals surface area contributed by atoms with Gasteiger partial charge in [-0.3, -0.25) is 19.1 Å². The van der Waals surface area contributed by atoms with E-state index in [9.17, 15) is 22.8 Å². The van der Waals surface area contributed by atoms with E-state index in [0.29, 0.717) is 0 Å². The SMILES string of the molecule is CC[C@H](C)NC(=O)c1ccccc1NS(=O)(=O)c1ccc(OC)c(N2C(=O)CCC2=O)c1. The van der Waals surface area contributed by atoms with Crippen molar-refractivity contribution >= 4 is 39.1 Å². The van der Waals surface area contributed by atoms with Gasteiger partial charge in [0.25, 0.3) is 15.9 Å². The molecule has 0 radical (unpaired) electrons. The minimum Gasteiger partial charge on any atom is -0.495 e. The van der Waals surface area contributed by atoms with Crippen molar-refractivity contribution in [3.8, 4) is 5.75 Å². The number of hydrogen-bond acceptors (Lipinski definition) is 6. The van der Waals surface area contributed by atoms with Gasteiger partial charge in [-0.15, -0.1) is 0 Å². The molecule has 1 aliphatic heterocycles. The number of sulfonamides is 1. The van der Waals surface area contributed by atoms with E-state index in [2.05, 4.69) is 10.0 Å². The Kier molecular flexibility index (Phi) is 6.83. The molecule has 0 saturated carbocycles. The number of rotatable bonds is 8. The summed E-state index contributed by atoms with van der Waals surface area (Å²) in [4.78, 5) is 37.7. The van der Waals surface area contributed by atoms with Gasteiger partial charge in [0.15, 0.2) is 0 Å². The van der Waals surface area contributed by atoms with Gasteiger partial charge in [0.05, 0.1) is 28.9 Å². The summed E-state index contributed by atoms with van der Waals surface area (Å²) in [7, 11) is -2.79. The molecule has 0 aromatic heterocycles. The molecule has 0 unspecified atom stereocenters. The maximum Gasteiger partial charge on any atom is 0.261 e. The predicted molar refractivity (Wildman–Crippen MR) is 119 cm³/mol. The third kappa shape index (κ3) is 4.75. The largest absolute Gasteiger partial charge is 0.495 e. The van der Waals surface area contributed by atoms with Crippen LogP contribution in [0.15, 0.2) is 47.4 Å². The minimum absolute atomic E-state index is 0.0515. The summed E-state index contributed by atoms with van der Waals surface area (Å²) in [5.74, 6) is -1.06. The third-order valence-corrected chi connectivity index (χ3v) is 6.52. The number of ether oxygens (including phenoxy) is 1. The first-order valence-corrected chi connectivity index (χ1v) is 11.6. The highest BCUT2D eigenvalue weighted by molar-refractivity contribution is 7.92. The van der Waals surface area contributed by atoms with Crippen LogP contribution in [0.4, 0.5) is 11.4 Å². The quantitative estimate of drug-likeness (QED) is 0.586. The fourth-order valence-corrected chi connectivity index (χ4v) is 4.33. The number of carbonyl (C=O) groups excluding carboxylic acids is 3. The van der Waals surface area contributed by atoms with Crippen LogP contribution in [-0.4, -0.2) is 39.3 Å². The molecule has 2 aromatic rings. The van der Waals surface area contributed by atoms with Gasteiger partial charge < -0.3 is 10.1 Å². The Bertz CT molecular complexity index is 1150. The molecule has 10 heteroatoms. The molecule has 1 saturated heterocycles. The summed E-state index contributed by atoms with van der Waals surface area (Å²) in [5, 5.41) is 2.81. The Morgan fingerprint density at radius 3 is 2.41 bits per heavy atom. The Hall–Kier alpha value is -3.40. The molecule has 0 bridgehead atoms. The normalized spacial score (nSPS) is 14.9. The Balaban J connectivity index is 1.97. The first kappa shape index (κ1) is 23.3. The highest BCUT2D eigenvalue weighted by Gasteiger charge is 2.33. The smallest absolute Gasteiger partial charge is 0.261 e. The van der Waals surface area contributed by atoms with Gasteiger partial charge in [-0.25, -0.2) is 13.3 Å². The van der Waals surface area contributed by atoms with E-state index in [1.54, 1.807) is 12.1 Å². The summed E-state index contributed by atoms with van der Waals surface area (Å²) >= 11 is 0. The van der Waals surface area contributed by atoms with E-state index in [0.717, 1.165) is 11.3 Å². The average molecular weight is 460 g/mol. The number of nitrogens with one attached hydrogen (secondary N) is 2. The fourth-order valence-electron chi connectivity index (χ4n) is 3.23. The van der Waals surface area contributed by atoms with Crippen LogP contribution in [0, 0.1) is 0 Å². The van der Waals surface area contributed by atoms with Crippen LogP contribution in [0.5, 0.6) is 5.75 Å². The van der Waals surface area contributed by atoms with Gasteiger partial charge in [0.1, 0.15) is 5.75 Å². The van der Waals surface area contributed by atoms with E-state index in [-0.39, 0.29) is 46.5 Å². The molecule has 1 aliphatic rings. The number of nitrogens with zero attached hydrogens (tertiary/aromatic N) is 1. The molecule has 3 rings (SSSR count). The second-order valence-corrected chi connectivity index (χ2v) is 9.07. The average Bonchev–Trinajstić information content (AvgIpc) is 3.10. The van der Waals surface area contributed by atoms with Crippen molar-refractivity contribution in [2.75, 3.05) is 16.7 Å². The Morgan fingerprint density at radius 2 is 1.78 bits per heavy atom. The lowest BCUT2D eigenvalue weighted by molar-refractivity contribution is -0.121. The van der Waals surface area contributed by atoms with Crippen molar-refractivity contribution in [3.05, 3.63) is 48.0 Å². The highest BCUT2D eigenvalue weighted by Crippen LogP contribution is 2.34. The molecular formula is C22H25N3O6S. The molecular weight excluding hydrogens is 434 g/mol. The summed E-state index contributed by atoms with van der Waals surface area (Å²) < 4.78 is 33.9. The second-order valence-electron chi connectivity index (χ2n) is 7.39. The fraction of sp³-hybridized carbons (Fsp3) is 0.318. The van der Waals surface area contributed by atoms with E-state index in [4.69, 9.17) is 4.74 Å². The third-order valence-electron chi connectivity index (χ3n) is 5.16. The van der Waals surface area contributed by atoms with Crippen LogP contribution < -0.4 is 19.7 Å². The van der Waals surface area contributed by atoms with Gasteiger partial charge in [0, 0.05) is 18.9 Å². The summed E-state index contributed by atoms with van der Waals surface area (Å²) in [6, 6.07) is 10.1. The van der Waals surface area contributed by atoms with Gasteiger partial charge in [-0.2, -0.15) is 0 Å². The Labute approximate surface area is 186 Å². The zero-order valence-electron chi connectivity index (χ0n) is 18.0. The van der Waals surface area contributed by atoms with Crippen molar-refractivity contribution in [2.24, 2.45) is 0 Å². The number of amides is 3. The van der Waals surface area contributed by atoms with Crippen LogP contribution in [0.25, 0.3) is 0 Å². The van der Waals surface area contributed by atoms with Crippen LogP contribution in [-0.2, 0) is 19.6 Å². The highest BCUT2D eigenvalue weighted by atomic mass is 32.2. The van der Waals surface area contributed by atoms with Crippen LogP contribution in [0.3, 0.4) is 0 Å². The van der Waals surface area contributed by atoms with Gasteiger partial charge in [-0.1, -0.05) is 19.1 Å². The predicted octanol–water partition coefficient (Wildman–Crippen LogP) is 2.68. The van der Waals surface area contributed by atoms with Crippen molar-refractivity contribution in [1.82, 2.24) is 5.32 Å². The lowest BCUT2D eigenvalue weighted by atomic mass is 10.1. The number of carbonyl (C=O) groups is 3. The van der Waals surface area contributed by atoms with E-state index >= 15 is 0 Å². The molecule has 32 heavy (non-hydrogen) atoms. The summed E-state index contributed by atoms with van der Waals surface area (Å²) in [6.07, 6.45) is 0.827. The number of para-hydroxylation sites is 1. The first-order chi connectivity index (χ1) is 15.2. The topological polar surface area (TPSA) is 122 Å². The number of benzene rings is 2. The maximum absolute atomic E-state index is 13.1. The van der Waals surface area contributed by atoms with Crippen molar-refractivity contribution < 1.29 is 27.5 Å². The molecule has 9 nitrogen and oxygen atoms in total. The van der Waals surface area contributed by atoms with E-state index in [1.165, 1.54) is 37.4 Å². The second kappa shape index (κ2) is 9.39. The summed E-state index contributed by atoms with van der Waals surface area (Å²) in [6.45, 7) is 3.78. The number of imide groups is 1. The molecule has 1 atom stereocenters. The molecule has 1 fully saturated rings. The zero-order chi connectivity index (χ0) is 23.5. The Morgan fingerprint density at radius 1 is 1.12 bits per heavy atom. The minimum atomic E-state index is -4.15. The molecule has 0 spiro atoms. The van der Waals surface area contributed by atoms with Crippen LogP contribution in [0.2, 0.25) is 0 Å². The van der Waals surface area contributed by atoms with E-state index < -0.39 is 27.7 Å². The standard InChI is InChI=1S/C22H25N3O6S/c1-4-14(2)23-22(28)16-7-5-6-8-17(16)24-32(29,30)15-9-10-19(31-3)18(13-15)25-20(26)11-12-21(25)27/h5-10,13-14,24H,4,11-12H2,1-3H3,(H,23,28)/t14-/m0/s1. The maximum atomic E-state index is 13.1. The van der Waals surface area contributed by atoms with E-state index in [1.807, 2.05) is 13.8 Å². The van der Waals surface area contributed by atoms with Gasteiger partial charge in [0.2, 0.25) is 11.8 Å². The monoisotopic (exact) mass is 459 g/mol. The van der Waals surface area contributed by atoms with Gasteiger partial charge in [-0.05, 0) is 43.7 Å². The molecule has 2 N–H and O–H groups in total. The van der Waals surface area contributed by atoms with Crippen molar-refractivity contribution in [1.29, 1.82) is 0 Å². The molecule has 0 aliphatic carbocycles. The van der Waals surface area contributed by atoms with Crippen molar-refractivity contribution in [2.45, 2.75) is 44.0 Å². The number of hydrogen-bond donors (Lipinski definition) is 2. The summed E-state index contributed by atoms with van der Waals surface area (Å²) in [5.41, 5.74) is 0.347. The molecule has 170 valence electrons.